The van der Waals surface area contributed by atoms with Crippen molar-refractivity contribution in [2.75, 3.05) is 5.06 Å². The van der Waals surface area contributed by atoms with Crippen LogP contribution in [0.25, 0.3) is 0 Å². The molecule has 0 aliphatic carbocycles. The highest BCUT2D eigenvalue weighted by Gasteiger charge is 2.60. The molecule has 2 heterocycles. The molecular weight excluding hydrogens is 380 g/mol. The standard InChI is InChI=1S/C24H20N2O4/c27-19-14-8-7-13-18(19)21-20-22(30-26(21)17-11-5-2-6-12-17)24(29)25(23(20)28)15-16-9-3-1-4-10-16/h1-14,20-22,27H,15H2/t20-,21-,22+/m1/s1. The molecule has 0 spiro atoms. The van der Waals surface area contributed by atoms with Crippen molar-refractivity contribution in [1.29, 1.82) is 0 Å². The second kappa shape index (κ2) is 7.31. The molecule has 150 valence electrons. The Kier molecular flexibility index (Phi) is 4.48. The van der Waals surface area contributed by atoms with Gasteiger partial charge in [0.2, 0.25) is 5.91 Å². The Morgan fingerprint density at radius 2 is 1.43 bits per heavy atom. The van der Waals surface area contributed by atoms with Gasteiger partial charge in [-0.3, -0.25) is 19.3 Å². The van der Waals surface area contributed by atoms with Crippen LogP contribution in [0.1, 0.15) is 17.2 Å². The molecule has 5 rings (SSSR count). The maximum absolute atomic E-state index is 13.4. The molecule has 2 aliphatic heterocycles. The zero-order valence-corrected chi connectivity index (χ0v) is 16.1. The summed E-state index contributed by atoms with van der Waals surface area (Å²) in [6.45, 7) is 0.202. The lowest BCUT2D eigenvalue weighted by atomic mass is 9.90. The molecule has 3 atom stereocenters. The Morgan fingerprint density at radius 1 is 0.800 bits per heavy atom. The van der Waals surface area contributed by atoms with Crippen LogP contribution in [0, 0.1) is 5.92 Å². The zero-order chi connectivity index (χ0) is 20.7. The van der Waals surface area contributed by atoms with Crippen LogP contribution < -0.4 is 5.06 Å². The van der Waals surface area contributed by atoms with Gasteiger partial charge in [0.1, 0.15) is 11.7 Å². The van der Waals surface area contributed by atoms with E-state index in [0.29, 0.717) is 5.56 Å². The van der Waals surface area contributed by atoms with Crippen LogP contribution in [0.3, 0.4) is 0 Å². The number of nitrogens with zero attached hydrogens (tertiary/aromatic N) is 2. The fourth-order valence-corrected chi connectivity index (χ4v) is 4.25. The van der Waals surface area contributed by atoms with E-state index in [2.05, 4.69) is 0 Å². The average Bonchev–Trinajstić information content (AvgIpc) is 3.27. The smallest absolute Gasteiger partial charge is 0.262 e. The molecule has 1 N–H and O–H groups in total. The Hall–Kier alpha value is -3.64. The number of carbonyl (C=O) groups excluding carboxylic acids is 2. The van der Waals surface area contributed by atoms with E-state index in [1.165, 1.54) is 4.90 Å². The zero-order valence-electron chi connectivity index (χ0n) is 16.1. The second-order valence-corrected chi connectivity index (χ2v) is 7.47. The highest BCUT2D eigenvalue weighted by molar-refractivity contribution is 6.07. The largest absolute Gasteiger partial charge is 0.508 e. The van der Waals surface area contributed by atoms with Crippen LogP contribution in [0.15, 0.2) is 84.9 Å². The molecule has 0 radical (unpaired) electrons. The van der Waals surface area contributed by atoms with Gasteiger partial charge in [-0.25, -0.2) is 5.06 Å². The number of para-hydroxylation sites is 2. The topological polar surface area (TPSA) is 70.1 Å². The van der Waals surface area contributed by atoms with Gasteiger partial charge in [-0.15, -0.1) is 0 Å². The van der Waals surface area contributed by atoms with Crippen molar-refractivity contribution in [1.82, 2.24) is 4.90 Å². The number of fused-ring (bicyclic) bond motifs is 1. The lowest BCUT2D eigenvalue weighted by Crippen LogP contribution is -2.36. The molecule has 3 aromatic carbocycles. The normalized spacial score (nSPS) is 23.1. The van der Waals surface area contributed by atoms with Crippen molar-refractivity contribution in [3.63, 3.8) is 0 Å². The Bertz CT molecular complexity index is 1090. The van der Waals surface area contributed by atoms with Gasteiger partial charge in [0.15, 0.2) is 6.10 Å². The minimum atomic E-state index is -0.925. The minimum absolute atomic E-state index is 0.0643. The number of likely N-dealkylation sites (tertiary alicyclic amines) is 1. The number of hydroxylamine groups is 1. The van der Waals surface area contributed by atoms with Crippen molar-refractivity contribution in [3.05, 3.63) is 96.1 Å². The predicted octanol–water partition coefficient (Wildman–Crippen LogP) is 3.44. The average molecular weight is 400 g/mol. The number of rotatable bonds is 4. The third-order valence-corrected chi connectivity index (χ3v) is 5.66. The molecular formula is C24H20N2O4. The SMILES string of the molecule is O=C1[C@H]2[C@H](ON(c3ccccc3)[C@@H]2c2ccccc2O)C(=O)N1Cc1ccccc1. The van der Waals surface area contributed by atoms with Crippen LogP contribution >= 0.6 is 0 Å². The maximum atomic E-state index is 13.4. The van der Waals surface area contributed by atoms with E-state index in [1.54, 1.807) is 29.3 Å². The van der Waals surface area contributed by atoms with Gasteiger partial charge in [0.05, 0.1) is 18.3 Å². The van der Waals surface area contributed by atoms with Gasteiger partial charge in [-0.05, 0) is 23.8 Å². The first-order chi connectivity index (χ1) is 14.6. The second-order valence-electron chi connectivity index (χ2n) is 7.47. The summed E-state index contributed by atoms with van der Waals surface area (Å²) < 4.78 is 0. The molecule has 30 heavy (non-hydrogen) atoms. The number of aromatic hydroxyl groups is 1. The minimum Gasteiger partial charge on any atom is -0.508 e. The number of anilines is 1. The first-order valence-electron chi connectivity index (χ1n) is 9.83. The lowest BCUT2D eigenvalue weighted by Gasteiger charge is -2.29. The fourth-order valence-electron chi connectivity index (χ4n) is 4.25. The third-order valence-electron chi connectivity index (χ3n) is 5.66. The molecule has 0 bridgehead atoms. The van der Waals surface area contributed by atoms with Crippen molar-refractivity contribution in [2.24, 2.45) is 5.92 Å². The number of hydrogen-bond acceptors (Lipinski definition) is 5. The molecule has 3 aromatic rings. The van der Waals surface area contributed by atoms with Gasteiger partial charge >= 0.3 is 0 Å². The maximum Gasteiger partial charge on any atom is 0.262 e. The molecule has 2 saturated heterocycles. The van der Waals surface area contributed by atoms with Crippen LogP contribution in [0.5, 0.6) is 5.75 Å². The number of phenolic OH excluding ortho intramolecular Hbond substituents is 1. The Balaban J connectivity index is 1.54. The molecule has 2 fully saturated rings. The van der Waals surface area contributed by atoms with Crippen LogP contribution in [-0.4, -0.2) is 27.9 Å². The summed E-state index contributed by atoms with van der Waals surface area (Å²) >= 11 is 0. The predicted molar refractivity (Wildman–Crippen MR) is 110 cm³/mol. The van der Waals surface area contributed by atoms with Crippen LogP contribution in [0.2, 0.25) is 0 Å². The summed E-state index contributed by atoms with van der Waals surface area (Å²) in [6, 6.07) is 25.0. The van der Waals surface area contributed by atoms with E-state index in [-0.39, 0.29) is 24.1 Å². The monoisotopic (exact) mass is 400 g/mol. The van der Waals surface area contributed by atoms with Gasteiger partial charge in [-0.2, -0.15) is 0 Å². The Morgan fingerprint density at radius 3 is 2.13 bits per heavy atom. The summed E-state index contributed by atoms with van der Waals surface area (Å²) in [5.74, 6) is -1.32. The molecule has 0 saturated carbocycles. The van der Waals surface area contributed by atoms with Crippen molar-refractivity contribution < 1.29 is 19.5 Å². The molecule has 2 amide bonds. The highest BCUT2D eigenvalue weighted by Crippen LogP contribution is 2.48. The molecule has 0 aromatic heterocycles. The van der Waals surface area contributed by atoms with E-state index >= 15 is 0 Å². The summed E-state index contributed by atoms with van der Waals surface area (Å²) in [6.07, 6.45) is -0.925. The molecule has 0 unspecified atom stereocenters. The van der Waals surface area contributed by atoms with E-state index < -0.39 is 18.1 Å². The molecule has 2 aliphatic rings. The number of imide groups is 1. The number of carbonyl (C=O) groups is 2. The van der Waals surface area contributed by atoms with Gasteiger partial charge < -0.3 is 5.11 Å². The summed E-state index contributed by atoms with van der Waals surface area (Å²) in [5, 5.41) is 12.1. The van der Waals surface area contributed by atoms with E-state index in [4.69, 9.17) is 4.84 Å². The molecule has 6 heteroatoms. The van der Waals surface area contributed by atoms with E-state index in [1.807, 2.05) is 60.7 Å². The van der Waals surface area contributed by atoms with Gasteiger partial charge in [0.25, 0.3) is 5.91 Å². The highest BCUT2D eigenvalue weighted by atomic mass is 16.7. The van der Waals surface area contributed by atoms with Crippen molar-refractivity contribution in [3.8, 4) is 5.75 Å². The fraction of sp³-hybridized carbons (Fsp3) is 0.167. The van der Waals surface area contributed by atoms with Crippen LogP contribution in [-0.2, 0) is 21.0 Å². The lowest BCUT2D eigenvalue weighted by molar-refractivity contribution is -0.143. The first kappa shape index (κ1) is 18.4. The van der Waals surface area contributed by atoms with Gasteiger partial charge in [0, 0.05) is 5.56 Å². The van der Waals surface area contributed by atoms with Crippen molar-refractivity contribution in [2.45, 2.75) is 18.7 Å². The van der Waals surface area contributed by atoms with Crippen molar-refractivity contribution >= 4 is 17.5 Å². The number of hydrogen-bond donors (Lipinski definition) is 1. The van der Waals surface area contributed by atoms with Gasteiger partial charge in [-0.1, -0.05) is 66.7 Å². The third kappa shape index (κ3) is 2.93. The summed E-state index contributed by atoms with van der Waals surface area (Å²) in [4.78, 5) is 33.8. The van der Waals surface area contributed by atoms with E-state index in [9.17, 15) is 14.7 Å². The van der Waals surface area contributed by atoms with E-state index in [0.717, 1.165) is 11.3 Å². The summed E-state index contributed by atoms with van der Waals surface area (Å²) in [7, 11) is 0. The number of benzene rings is 3. The summed E-state index contributed by atoms with van der Waals surface area (Å²) in [5.41, 5.74) is 2.14. The Labute approximate surface area is 173 Å². The van der Waals surface area contributed by atoms with Crippen LogP contribution in [0.4, 0.5) is 5.69 Å². The number of phenols is 1. The molecule has 6 nitrogen and oxygen atoms in total. The quantitative estimate of drug-likeness (QED) is 0.680. The number of amides is 2. The first-order valence-corrected chi connectivity index (χ1v) is 9.83.